The van der Waals surface area contributed by atoms with Crippen LogP contribution in [0.5, 0.6) is 17.2 Å². The molecule has 5 heteroatoms. The first-order valence-electron chi connectivity index (χ1n) is 7.70. The average Bonchev–Trinajstić information content (AvgIpc) is 2.53. The first-order chi connectivity index (χ1) is 11.4. The molecular formula is C19H23NO4. The van der Waals surface area contributed by atoms with Crippen molar-refractivity contribution in [1.29, 1.82) is 0 Å². The summed E-state index contributed by atoms with van der Waals surface area (Å²) in [5.74, 6) is 1.61. The number of benzene rings is 2. The molecule has 0 saturated heterocycles. The van der Waals surface area contributed by atoms with E-state index in [2.05, 4.69) is 11.4 Å². The second-order valence-electron chi connectivity index (χ2n) is 5.64. The molecule has 0 saturated carbocycles. The fraction of sp³-hybridized carbons (Fsp3) is 0.316. The van der Waals surface area contributed by atoms with Gasteiger partial charge in [0, 0.05) is 11.8 Å². The van der Waals surface area contributed by atoms with Crippen molar-refractivity contribution in [3.8, 4) is 17.2 Å². The van der Waals surface area contributed by atoms with Gasteiger partial charge < -0.3 is 19.5 Å². The molecule has 0 heterocycles. The molecule has 2 aromatic carbocycles. The molecule has 1 N–H and O–H groups in total. The number of ether oxygens (including phenoxy) is 3. The minimum absolute atomic E-state index is 0.235. The van der Waals surface area contributed by atoms with E-state index in [1.165, 1.54) is 0 Å². The van der Waals surface area contributed by atoms with Gasteiger partial charge >= 0.3 is 0 Å². The van der Waals surface area contributed by atoms with Gasteiger partial charge in [0.25, 0.3) is 5.91 Å². The first kappa shape index (κ1) is 17.7. The van der Waals surface area contributed by atoms with Crippen LogP contribution in [0.15, 0.2) is 36.4 Å². The molecule has 0 aromatic heterocycles. The highest BCUT2D eigenvalue weighted by atomic mass is 16.5. The van der Waals surface area contributed by atoms with Crippen molar-refractivity contribution >= 4 is 11.6 Å². The quantitative estimate of drug-likeness (QED) is 0.877. The molecule has 0 spiro atoms. The van der Waals surface area contributed by atoms with Crippen molar-refractivity contribution in [1.82, 2.24) is 0 Å². The van der Waals surface area contributed by atoms with E-state index in [0.29, 0.717) is 22.9 Å². The second kappa shape index (κ2) is 7.73. The summed E-state index contributed by atoms with van der Waals surface area (Å²) in [7, 11) is 3.12. The minimum atomic E-state index is -0.626. The Bertz CT molecular complexity index is 707. The van der Waals surface area contributed by atoms with Crippen LogP contribution < -0.4 is 19.5 Å². The molecule has 0 fully saturated rings. The van der Waals surface area contributed by atoms with Crippen LogP contribution in [0, 0.1) is 13.8 Å². The van der Waals surface area contributed by atoms with Crippen molar-refractivity contribution in [3.05, 3.63) is 47.5 Å². The van der Waals surface area contributed by atoms with Gasteiger partial charge in [-0.3, -0.25) is 4.79 Å². The van der Waals surface area contributed by atoms with E-state index in [0.717, 1.165) is 11.1 Å². The molecule has 0 radical (unpaired) electrons. The van der Waals surface area contributed by atoms with Crippen LogP contribution in [-0.2, 0) is 4.79 Å². The summed E-state index contributed by atoms with van der Waals surface area (Å²) in [4.78, 5) is 12.3. The third kappa shape index (κ3) is 4.41. The topological polar surface area (TPSA) is 56.8 Å². The summed E-state index contributed by atoms with van der Waals surface area (Å²) >= 11 is 0. The Hall–Kier alpha value is -2.69. The van der Waals surface area contributed by atoms with Gasteiger partial charge in [0.15, 0.2) is 17.6 Å². The molecule has 1 atom stereocenters. The molecule has 24 heavy (non-hydrogen) atoms. The third-order valence-corrected chi connectivity index (χ3v) is 3.53. The maximum absolute atomic E-state index is 12.3. The van der Waals surface area contributed by atoms with Gasteiger partial charge in [-0.05, 0) is 56.2 Å². The summed E-state index contributed by atoms with van der Waals surface area (Å²) in [6, 6.07) is 11.1. The van der Waals surface area contributed by atoms with Crippen LogP contribution in [-0.4, -0.2) is 26.2 Å². The number of hydrogen-bond donors (Lipinski definition) is 1. The van der Waals surface area contributed by atoms with E-state index in [4.69, 9.17) is 14.2 Å². The van der Waals surface area contributed by atoms with Crippen molar-refractivity contribution in [2.45, 2.75) is 26.9 Å². The van der Waals surface area contributed by atoms with E-state index < -0.39 is 6.10 Å². The van der Waals surface area contributed by atoms with Crippen LogP contribution in [0.3, 0.4) is 0 Å². The zero-order valence-corrected chi connectivity index (χ0v) is 14.7. The van der Waals surface area contributed by atoms with Crippen LogP contribution >= 0.6 is 0 Å². The lowest BCUT2D eigenvalue weighted by atomic mass is 10.1. The van der Waals surface area contributed by atoms with Crippen LogP contribution in [0.1, 0.15) is 18.1 Å². The van der Waals surface area contributed by atoms with Gasteiger partial charge in [0.2, 0.25) is 0 Å². The number of nitrogens with one attached hydrogen (secondary N) is 1. The second-order valence-corrected chi connectivity index (χ2v) is 5.64. The molecule has 1 unspecified atom stereocenters. The molecule has 5 nitrogen and oxygen atoms in total. The molecule has 0 aliphatic rings. The minimum Gasteiger partial charge on any atom is -0.493 e. The monoisotopic (exact) mass is 329 g/mol. The number of hydrogen-bond acceptors (Lipinski definition) is 4. The maximum Gasteiger partial charge on any atom is 0.265 e. The van der Waals surface area contributed by atoms with Crippen LogP contribution in [0.4, 0.5) is 5.69 Å². The number of rotatable bonds is 6. The standard InChI is InChI=1S/C19H23NO4/c1-12-8-13(2)10-16(9-12)24-14(3)19(21)20-15-6-7-17(22-4)18(11-15)23-5/h6-11,14H,1-5H3,(H,20,21). The molecule has 1 amide bonds. The Morgan fingerprint density at radius 3 is 2.17 bits per heavy atom. The molecule has 128 valence electrons. The highest BCUT2D eigenvalue weighted by molar-refractivity contribution is 5.94. The fourth-order valence-corrected chi connectivity index (χ4v) is 2.42. The number of amides is 1. The Morgan fingerprint density at radius 1 is 0.958 bits per heavy atom. The highest BCUT2D eigenvalue weighted by Crippen LogP contribution is 2.29. The Balaban J connectivity index is 2.06. The predicted molar refractivity (Wildman–Crippen MR) is 94.2 cm³/mol. The summed E-state index contributed by atoms with van der Waals surface area (Å²) in [5.41, 5.74) is 2.81. The van der Waals surface area contributed by atoms with Crippen molar-refractivity contribution in [2.24, 2.45) is 0 Å². The zero-order chi connectivity index (χ0) is 17.7. The van der Waals surface area contributed by atoms with Gasteiger partial charge in [0.05, 0.1) is 14.2 Å². The lowest BCUT2D eigenvalue weighted by Gasteiger charge is -2.16. The highest BCUT2D eigenvalue weighted by Gasteiger charge is 2.16. The fourth-order valence-electron chi connectivity index (χ4n) is 2.42. The summed E-state index contributed by atoms with van der Waals surface area (Å²) in [6.45, 7) is 5.70. The van der Waals surface area contributed by atoms with Gasteiger partial charge in [0.1, 0.15) is 5.75 Å². The van der Waals surface area contributed by atoms with E-state index in [9.17, 15) is 4.79 Å². The number of aryl methyl sites for hydroxylation is 2. The third-order valence-electron chi connectivity index (χ3n) is 3.53. The molecule has 0 aliphatic heterocycles. The zero-order valence-electron chi connectivity index (χ0n) is 14.7. The first-order valence-corrected chi connectivity index (χ1v) is 7.70. The van der Waals surface area contributed by atoms with Crippen molar-refractivity contribution in [3.63, 3.8) is 0 Å². The van der Waals surface area contributed by atoms with E-state index in [1.807, 2.05) is 26.0 Å². The average molecular weight is 329 g/mol. The number of carbonyl (C=O) groups excluding carboxylic acids is 1. The number of methoxy groups -OCH3 is 2. The molecular weight excluding hydrogens is 306 g/mol. The van der Waals surface area contributed by atoms with Gasteiger partial charge in [-0.2, -0.15) is 0 Å². The SMILES string of the molecule is COc1ccc(NC(=O)C(C)Oc2cc(C)cc(C)c2)cc1OC. The van der Waals surface area contributed by atoms with Gasteiger partial charge in [-0.15, -0.1) is 0 Å². The number of anilines is 1. The number of carbonyl (C=O) groups is 1. The molecule has 0 aliphatic carbocycles. The van der Waals surface area contributed by atoms with Gasteiger partial charge in [-0.1, -0.05) is 6.07 Å². The molecule has 2 aromatic rings. The van der Waals surface area contributed by atoms with Crippen molar-refractivity contribution < 1.29 is 19.0 Å². The Labute approximate surface area is 142 Å². The predicted octanol–water partition coefficient (Wildman–Crippen LogP) is 3.73. The van der Waals surface area contributed by atoms with E-state index in [-0.39, 0.29) is 5.91 Å². The smallest absolute Gasteiger partial charge is 0.265 e. The summed E-state index contributed by atoms with van der Waals surface area (Å²) < 4.78 is 16.2. The summed E-state index contributed by atoms with van der Waals surface area (Å²) in [6.07, 6.45) is -0.626. The van der Waals surface area contributed by atoms with Crippen LogP contribution in [0.2, 0.25) is 0 Å². The largest absolute Gasteiger partial charge is 0.493 e. The van der Waals surface area contributed by atoms with Crippen molar-refractivity contribution in [2.75, 3.05) is 19.5 Å². The Morgan fingerprint density at radius 2 is 1.58 bits per heavy atom. The van der Waals surface area contributed by atoms with E-state index >= 15 is 0 Å². The van der Waals surface area contributed by atoms with Gasteiger partial charge in [-0.25, -0.2) is 0 Å². The summed E-state index contributed by atoms with van der Waals surface area (Å²) in [5, 5.41) is 2.82. The van der Waals surface area contributed by atoms with Crippen LogP contribution in [0.25, 0.3) is 0 Å². The normalized spacial score (nSPS) is 11.5. The lowest BCUT2D eigenvalue weighted by molar-refractivity contribution is -0.122. The molecule has 0 bridgehead atoms. The Kier molecular flexibility index (Phi) is 5.68. The van der Waals surface area contributed by atoms with E-state index in [1.54, 1.807) is 39.3 Å². The lowest BCUT2D eigenvalue weighted by Crippen LogP contribution is -2.30. The molecule has 2 rings (SSSR count). The maximum atomic E-state index is 12.3.